The van der Waals surface area contributed by atoms with Crippen molar-refractivity contribution in [1.29, 1.82) is 0 Å². The van der Waals surface area contributed by atoms with Gasteiger partial charge < -0.3 is 31.0 Å². The largest absolute Gasteiger partial charge is 0.397 e. The molecule has 1 aliphatic rings. The molecule has 0 amide bonds. The number of aromatic nitrogens is 3. The molecule has 4 heterocycles. The molecule has 0 saturated carbocycles. The van der Waals surface area contributed by atoms with Gasteiger partial charge >= 0.3 is 0 Å². The number of ether oxygens (including phenoxy) is 1. The molecule has 9 heteroatoms. The number of rotatable bonds is 5. The molecule has 0 unspecified atom stereocenters. The summed E-state index contributed by atoms with van der Waals surface area (Å²) in [5.74, 6) is 1.63. The lowest BCUT2D eigenvalue weighted by Gasteiger charge is -2.28. The Morgan fingerprint density at radius 1 is 1.00 bits per heavy atom. The van der Waals surface area contributed by atoms with Crippen LogP contribution in [0.4, 0.5) is 34.5 Å². The average molecular weight is 429 g/mol. The van der Waals surface area contributed by atoms with Gasteiger partial charge in [0.25, 0.3) is 5.56 Å². The number of H-pyrrole nitrogens is 1. The molecule has 0 atom stereocenters. The van der Waals surface area contributed by atoms with Gasteiger partial charge in [-0.2, -0.15) is 0 Å². The second-order valence-electron chi connectivity index (χ2n) is 7.50. The van der Waals surface area contributed by atoms with E-state index in [1.165, 1.54) is 0 Å². The van der Waals surface area contributed by atoms with Crippen LogP contribution in [0.15, 0.2) is 65.7 Å². The third kappa shape index (κ3) is 4.19. The van der Waals surface area contributed by atoms with Crippen molar-refractivity contribution in [3.63, 3.8) is 0 Å². The first-order chi connectivity index (χ1) is 15.7. The van der Waals surface area contributed by atoms with Crippen molar-refractivity contribution >= 4 is 45.3 Å². The summed E-state index contributed by atoms with van der Waals surface area (Å²) in [5, 5.41) is 7.72. The third-order valence-electron chi connectivity index (χ3n) is 5.30. The lowest BCUT2D eigenvalue weighted by molar-refractivity contribution is 0.122. The zero-order chi connectivity index (χ0) is 21.9. The van der Waals surface area contributed by atoms with Gasteiger partial charge in [-0.1, -0.05) is 0 Å². The van der Waals surface area contributed by atoms with Gasteiger partial charge in [-0.25, -0.2) is 9.97 Å². The highest BCUT2D eigenvalue weighted by Gasteiger charge is 2.13. The van der Waals surface area contributed by atoms with Gasteiger partial charge in [-0.05, 0) is 53.9 Å². The van der Waals surface area contributed by atoms with Crippen molar-refractivity contribution in [2.24, 2.45) is 0 Å². The molecule has 32 heavy (non-hydrogen) atoms. The van der Waals surface area contributed by atoms with Gasteiger partial charge in [0, 0.05) is 30.7 Å². The summed E-state index contributed by atoms with van der Waals surface area (Å²) in [4.78, 5) is 26.5. The molecule has 0 radical (unpaired) electrons. The minimum absolute atomic E-state index is 0.209. The summed E-state index contributed by atoms with van der Waals surface area (Å²) >= 11 is 0. The molecule has 0 aliphatic carbocycles. The molecular weight excluding hydrogens is 406 g/mol. The van der Waals surface area contributed by atoms with Crippen LogP contribution < -0.4 is 26.8 Å². The number of nitrogens with zero attached hydrogens (tertiary/aromatic N) is 3. The van der Waals surface area contributed by atoms with Crippen molar-refractivity contribution in [3.8, 4) is 0 Å². The Morgan fingerprint density at radius 2 is 1.81 bits per heavy atom. The number of nitrogens with two attached hydrogens (primary N) is 1. The Kier molecular flexibility index (Phi) is 5.30. The van der Waals surface area contributed by atoms with E-state index in [4.69, 9.17) is 10.5 Å². The van der Waals surface area contributed by atoms with E-state index in [2.05, 4.69) is 42.6 Å². The van der Waals surface area contributed by atoms with Crippen LogP contribution in [-0.2, 0) is 4.74 Å². The van der Waals surface area contributed by atoms with E-state index in [9.17, 15) is 4.79 Å². The number of fused-ring (bicyclic) bond motifs is 1. The number of benzene rings is 1. The average Bonchev–Trinajstić information content (AvgIpc) is 2.82. The predicted molar refractivity (Wildman–Crippen MR) is 127 cm³/mol. The Morgan fingerprint density at radius 3 is 2.56 bits per heavy atom. The lowest BCUT2D eigenvalue weighted by atomic mass is 10.2. The Balaban J connectivity index is 1.46. The number of hydrogen-bond acceptors (Lipinski definition) is 8. The molecule has 0 spiro atoms. The summed E-state index contributed by atoms with van der Waals surface area (Å²) in [5.41, 5.74) is 8.06. The van der Waals surface area contributed by atoms with Crippen LogP contribution in [0.5, 0.6) is 0 Å². The highest BCUT2D eigenvalue weighted by Crippen LogP contribution is 2.27. The SMILES string of the molecule is Nc1ccc(Nc2cc3cc[nH]c(=O)c3c(Nc3ccc(N4CCOCC4)cc3)n2)nc1. The number of nitrogen functional groups attached to an aromatic ring is 1. The van der Waals surface area contributed by atoms with Gasteiger partial charge in [0.2, 0.25) is 0 Å². The van der Waals surface area contributed by atoms with E-state index in [-0.39, 0.29) is 5.56 Å². The summed E-state index contributed by atoms with van der Waals surface area (Å²) in [6.07, 6.45) is 3.19. The van der Waals surface area contributed by atoms with Crippen LogP contribution >= 0.6 is 0 Å². The van der Waals surface area contributed by atoms with Gasteiger partial charge in [-0.15, -0.1) is 0 Å². The fraction of sp³-hybridized carbons (Fsp3) is 0.174. The normalized spacial score (nSPS) is 13.8. The summed E-state index contributed by atoms with van der Waals surface area (Å²) in [6.45, 7) is 3.23. The minimum atomic E-state index is -0.209. The minimum Gasteiger partial charge on any atom is -0.397 e. The first-order valence-corrected chi connectivity index (χ1v) is 10.4. The second-order valence-corrected chi connectivity index (χ2v) is 7.50. The van der Waals surface area contributed by atoms with E-state index in [0.29, 0.717) is 28.5 Å². The third-order valence-corrected chi connectivity index (χ3v) is 5.30. The van der Waals surface area contributed by atoms with Crippen LogP contribution in [-0.4, -0.2) is 41.3 Å². The monoisotopic (exact) mass is 429 g/mol. The van der Waals surface area contributed by atoms with Crippen LogP contribution in [0.2, 0.25) is 0 Å². The van der Waals surface area contributed by atoms with Crippen molar-refractivity contribution < 1.29 is 4.74 Å². The maximum absolute atomic E-state index is 12.6. The summed E-state index contributed by atoms with van der Waals surface area (Å²) < 4.78 is 5.42. The number of hydrogen-bond donors (Lipinski definition) is 4. The Labute approximate surface area is 184 Å². The van der Waals surface area contributed by atoms with E-state index in [1.54, 1.807) is 24.5 Å². The number of pyridine rings is 3. The van der Waals surface area contributed by atoms with E-state index >= 15 is 0 Å². The second kappa shape index (κ2) is 8.56. The van der Waals surface area contributed by atoms with E-state index < -0.39 is 0 Å². The zero-order valence-corrected chi connectivity index (χ0v) is 17.3. The Bertz CT molecular complexity index is 1280. The number of nitrogens with one attached hydrogen (secondary N) is 3. The molecule has 9 nitrogen and oxygen atoms in total. The highest BCUT2D eigenvalue weighted by atomic mass is 16.5. The quantitative estimate of drug-likeness (QED) is 0.382. The molecule has 0 bridgehead atoms. The molecule has 1 saturated heterocycles. The molecular formula is C23H23N7O2. The van der Waals surface area contributed by atoms with Crippen molar-refractivity contribution in [2.45, 2.75) is 0 Å². The fourth-order valence-electron chi connectivity index (χ4n) is 3.69. The van der Waals surface area contributed by atoms with Gasteiger partial charge in [0.15, 0.2) is 0 Å². The molecule has 1 aromatic carbocycles. The van der Waals surface area contributed by atoms with Crippen LogP contribution in [0.25, 0.3) is 10.8 Å². The predicted octanol–water partition coefficient (Wildman–Crippen LogP) is 3.22. The standard InChI is InChI=1S/C23H23N7O2/c24-16-1-6-19(26-14-16)28-20-13-15-7-8-25-23(31)21(15)22(29-20)27-17-2-4-18(5-3-17)30-9-11-32-12-10-30/h1-8,13-14H,9-12,24H2,(H,25,31)(H2,26,27,28,29). The molecule has 3 aromatic heterocycles. The van der Waals surface area contributed by atoms with Crippen LogP contribution in [0.1, 0.15) is 0 Å². The number of anilines is 6. The van der Waals surface area contributed by atoms with Gasteiger partial charge in [0.05, 0.1) is 30.5 Å². The molecule has 4 aromatic rings. The van der Waals surface area contributed by atoms with Crippen molar-refractivity contribution in [1.82, 2.24) is 15.0 Å². The summed E-state index contributed by atoms with van der Waals surface area (Å²) in [7, 11) is 0. The first kappa shape index (κ1) is 19.8. The smallest absolute Gasteiger partial charge is 0.259 e. The molecule has 1 aliphatic heterocycles. The van der Waals surface area contributed by atoms with Crippen LogP contribution in [0.3, 0.4) is 0 Å². The summed E-state index contributed by atoms with van der Waals surface area (Å²) in [6, 6.07) is 15.3. The number of aromatic amines is 1. The van der Waals surface area contributed by atoms with E-state index in [1.807, 2.05) is 24.3 Å². The van der Waals surface area contributed by atoms with Gasteiger partial charge in [-0.3, -0.25) is 4.79 Å². The maximum atomic E-state index is 12.6. The highest BCUT2D eigenvalue weighted by molar-refractivity contribution is 5.94. The lowest BCUT2D eigenvalue weighted by Crippen LogP contribution is -2.36. The van der Waals surface area contributed by atoms with E-state index in [0.717, 1.165) is 43.1 Å². The van der Waals surface area contributed by atoms with Crippen LogP contribution in [0, 0.1) is 0 Å². The number of morpholine rings is 1. The maximum Gasteiger partial charge on any atom is 0.259 e. The molecule has 5 N–H and O–H groups in total. The molecule has 5 rings (SSSR count). The molecule has 162 valence electrons. The van der Waals surface area contributed by atoms with Crippen molar-refractivity contribution in [3.05, 3.63) is 71.3 Å². The van der Waals surface area contributed by atoms with Gasteiger partial charge in [0.1, 0.15) is 17.5 Å². The fourth-order valence-corrected chi connectivity index (χ4v) is 3.69. The van der Waals surface area contributed by atoms with Crippen molar-refractivity contribution in [2.75, 3.05) is 47.6 Å². The topological polar surface area (TPSA) is 121 Å². The first-order valence-electron chi connectivity index (χ1n) is 10.4. The zero-order valence-electron chi connectivity index (χ0n) is 17.3. The molecule has 1 fully saturated rings. The Hall–Kier alpha value is -4.11.